The second-order valence-corrected chi connectivity index (χ2v) is 3.97. The molecule has 1 aliphatic rings. The van der Waals surface area contributed by atoms with E-state index in [1.54, 1.807) is 5.32 Å². The first-order valence-electron chi connectivity index (χ1n) is 5.09. The predicted molar refractivity (Wildman–Crippen MR) is 52.9 cm³/mol. The van der Waals surface area contributed by atoms with E-state index in [2.05, 4.69) is 0 Å². The third-order valence-electron chi connectivity index (χ3n) is 2.44. The van der Waals surface area contributed by atoms with Gasteiger partial charge in [0, 0.05) is 13.0 Å². The van der Waals surface area contributed by atoms with Gasteiger partial charge in [-0.2, -0.15) is 13.2 Å². The fraction of sp³-hybridized carbons (Fsp3) is 0.667. The number of hydrogen-bond acceptors (Lipinski definition) is 3. The number of rotatable bonds is 4. The lowest BCUT2D eigenvalue weighted by molar-refractivity contribution is -0.141. The smallest absolute Gasteiger partial charge is 0.369 e. The van der Waals surface area contributed by atoms with E-state index >= 15 is 0 Å². The number of carbonyl (C=O) groups is 3. The van der Waals surface area contributed by atoms with Crippen molar-refractivity contribution < 1.29 is 27.6 Å². The molecule has 1 atom stereocenters. The van der Waals surface area contributed by atoms with E-state index in [1.807, 2.05) is 0 Å². The third-order valence-corrected chi connectivity index (χ3v) is 2.44. The third kappa shape index (κ3) is 4.22. The monoisotopic (exact) mass is 267 g/mol. The van der Waals surface area contributed by atoms with Crippen LogP contribution in [0.1, 0.15) is 6.42 Å². The second kappa shape index (κ2) is 5.23. The number of likely N-dealkylation sites (tertiary alicyclic amines) is 1. The molecule has 1 fully saturated rings. The van der Waals surface area contributed by atoms with Crippen molar-refractivity contribution in [2.24, 2.45) is 11.7 Å². The van der Waals surface area contributed by atoms with Gasteiger partial charge in [-0.15, -0.1) is 0 Å². The predicted octanol–water partition coefficient (Wildman–Crippen LogP) is -1.00. The molecule has 1 unspecified atom stereocenters. The van der Waals surface area contributed by atoms with Gasteiger partial charge in [0.05, 0.1) is 12.5 Å². The fourth-order valence-corrected chi connectivity index (χ4v) is 1.54. The molecule has 0 aromatic heterocycles. The van der Waals surface area contributed by atoms with Crippen molar-refractivity contribution in [3.05, 3.63) is 0 Å². The lowest BCUT2D eigenvalue weighted by atomic mass is 10.1. The summed E-state index contributed by atoms with van der Waals surface area (Å²) in [4.78, 5) is 34.3. The highest BCUT2D eigenvalue weighted by Crippen LogP contribution is 2.17. The Bertz CT molecular complexity index is 370. The lowest BCUT2D eigenvalue weighted by Gasteiger charge is -2.16. The first kappa shape index (κ1) is 14.3. The molecule has 1 aliphatic heterocycles. The van der Waals surface area contributed by atoms with Crippen molar-refractivity contribution >= 4 is 17.7 Å². The zero-order valence-electron chi connectivity index (χ0n) is 9.29. The highest BCUT2D eigenvalue weighted by Gasteiger charge is 2.34. The van der Waals surface area contributed by atoms with Gasteiger partial charge >= 0.3 is 6.18 Å². The molecular weight excluding hydrogens is 255 g/mol. The van der Waals surface area contributed by atoms with Gasteiger partial charge in [0.15, 0.2) is 0 Å². The summed E-state index contributed by atoms with van der Waals surface area (Å²) < 4.78 is 35.5. The van der Waals surface area contributed by atoms with Crippen LogP contribution in [0.2, 0.25) is 0 Å². The Morgan fingerprint density at radius 2 is 2.06 bits per heavy atom. The molecule has 9 heteroatoms. The van der Waals surface area contributed by atoms with Crippen molar-refractivity contribution in [2.75, 3.05) is 19.6 Å². The number of halogens is 3. The van der Waals surface area contributed by atoms with Gasteiger partial charge < -0.3 is 16.0 Å². The minimum absolute atomic E-state index is 0.0341. The largest absolute Gasteiger partial charge is 0.405 e. The van der Waals surface area contributed by atoms with Gasteiger partial charge in [-0.25, -0.2) is 0 Å². The molecule has 1 saturated heterocycles. The van der Waals surface area contributed by atoms with E-state index in [0.29, 0.717) is 0 Å². The van der Waals surface area contributed by atoms with E-state index < -0.39 is 42.9 Å². The standard InChI is InChI=1S/C9H12F3N3O3/c10-9(11,12)4-14-6(16)3-15-2-5(8(13)18)1-7(15)17/h5H,1-4H2,(H2,13,18)(H,14,16). The Kier molecular flexibility index (Phi) is 4.15. The van der Waals surface area contributed by atoms with Gasteiger partial charge in [0.25, 0.3) is 0 Å². The van der Waals surface area contributed by atoms with E-state index in [1.165, 1.54) is 0 Å². The van der Waals surface area contributed by atoms with Crippen LogP contribution in [0.3, 0.4) is 0 Å². The van der Waals surface area contributed by atoms with Crippen LogP contribution in [-0.2, 0) is 14.4 Å². The maximum atomic E-state index is 11.8. The summed E-state index contributed by atoms with van der Waals surface area (Å²) in [5, 5.41) is 1.64. The van der Waals surface area contributed by atoms with Crippen LogP contribution in [0.15, 0.2) is 0 Å². The van der Waals surface area contributed by atoms with E-state index in [4.69, 9.17) is 5.73 Å². The molecular formula is C9H12F3N3O3. The topological polar surface area (TPSA) is 92.5 Å². The van der Waals surface area contributed by atoms with Crippen LogP contribution in [0.4, 0.5) is 13.2 Å². The SMILES string of the molecule is NC(=O)C1CC(=O)N(CC(=O)NCC(F)(F)F)C1. The molecule has 3 amide bonds. The van der Waals surface area contributed by atoms with E-state index in [9.17, 15) is 27.6 Å². The highest BCUT2D eigenvalue weighted by atomic mass is 19.4. The van der Waals surface area contributed by atoms with Crippen LogP contribution in [0.25, 0.3) is 0 Å². The number of alkyl halides is 3. The zero-order chi connectivity index (χ0) is 13.9. The summed E-state index contributed by atoms with van der Waals surface area (Å²) in [5.74, 6) is -2.75. The molecule has 0 aliphatic carbocycles. The highest BCUT2D eigenvalue weighted by molar-refractivity contribution is 5.91. The quantitative estimate of drug-likeness (QED) is 0.684. The Balaban J connectivity index is 2.41. The molecule has 1 rings (SSSR count). The number of nitrogens with two attached hydrogens (primary N) is 1. The maximum absolute atomic E-state index is 11.8. The summed E-state index contributed by atoms with van der Waals surface area (Å²) in [6.45, 7) is -1.99. The first-order valence-corrected chi connectivity index (χ1v) is 5.09. The Morgan fingerprint density at radius 3 is 2.50 bits per heavy atom. The first-order chi connectivity index (χ1) is 8.19. The average Bonchev–Trinajstić information content (AvgIpc) is 2.57. The number of amides is 3. The molecule has 0 saturated carbocycles. The molecule has 3 N–H and O–H groups in total. The fourth-order valence-electron chi connectivity index (χ4n) is 1.54. The van der Waals surface area contributed by atoms with Gasteiger partial charge in [-0.05, 0) is 0 Å². The molecule has 1 heterocycles. The van der Waals surface area contributed by atoms with Crippen LogP contribution in [-0.4, -0.2) is 48.4 Å². The van der Waals surface area contributed by atoms with Gasteiger partial charge in [0.1, 0.15) is 6.54 Å². The lowest BCUT2D eigenvalue weighted by Crippen LogP contribution is -2.41. The van der Waals surface area contributed by atoms with Gasteiger partial charge in [0.2, 0.25) is 17.7 Å². The molecule has 0 aromatic rings. The molecule has 0 spiro atoms. The van der Waals surface area contributed by atoms with Crippen molar-refractivity contribution in [3.63, 3.8) is 0 Å². The summed E-state index contributed by atoms with van der Waals surface area (Å²) in [6.07, 6.45) is -4.61. The summed E-state index contributed by atoms with van der Waals surface area (Å²) >= 11 is 0. The van der Waals surface area contributed by atoms with Gasteiger partial charge in [-0.1, -0.05) is 0 Å². The minimum atomic E-state index is -4.50. The van der Waals surface area contributed by atoms with Crippen molar-refractivity contribution in [3.8, 4) is 0 Å². The van der Waals surface area contributed by atoms with Crippen molar-refractivity contribution in [2.45, 2.75) is 12.6 Å². The van der Waals surface area contributed by atoms with Crippen LogP contribution < -0.4 is 11.1 Å². The molecule has 102 valence electrons. The molecule has 0 radical (unpaired) electrons. The number of hydrogen-bond donors (Lipinski definition) is 2. The Labute approximate surface area is 100 Å². The Hall–Kier alpha value is -1.80. The number of nitrogens with one attached hydrogen (secondary N) is 1. The van der Waals surface area contributed by atoms with E-state index in [0.717, 1.165) is 4.90 Å². The Morgan fingerprint density at radius 1 is 1.44 bits per heavy atom. The zero-order valence-corrected chi connectivity index (χ0v) is 9.29. The molecule has 6 nitrogen and oxygen atoms in total. The number of nitrogens with zero attached hydrogens (tertiary/aromatic N) is 1. The second-order valence-electron chi connectivity index (χ2n) is 3.97. The summed E-state index contributed by atoms with van der Waals surface area (Å²) in [6, 6.07) is 0. The normalized spacial score (nSPS) is 20.1. The number of primary amides is 1. The molecule has 0 aromatic carbocycles. The van der Waals surface area contributed by atoms with Crippen LogP contribution in [0, 0.1) is 5.92 Å². The summed E-state index contributed by atoms with van der Waals surface area (Å²) in [7, 11) is 0. The van der Waals surface area contributed by atoms with E-state index in [-0.39, 0.29) is 13.0 Å². The summed E-state index contributed by atoms with van der Waals surface area (Å²) in [5.41, 5.74) is 5.00. The minimum Gasteiger partial charge on any atom is -0.369 e. The molecule has 0 bridgehead atoms. The van der Waals surface area contributed by atoms with Crippen LogP contribution in [0.5, 0.6) is 0 Å². The van der Waals surface area contributed by atoms with Gasteiger partial charge in [-0.3, -0.25) is 14.4 Å². The molecule has 18 heavy (non-hydrogen) atoms. The van der Waals surface area contributed by atoms with Crippen molar-refractivity contribution in [1.29, 1.82) is 0 Å². The maximum Gasteiger partial charge on any atom is 0.405 e. The number of carbonyl (C=O) groups excluding carboxylic acids is 3. The van der Waals surface area contributed by atoms with Crippen molar-refractivity contribution in [1.82, 2.24) is 10.2 Å². The average molecular weight is 267 g/mol. The van der Waals surface area contributed by atoms with Crippen LogP contribution >= 0.6 is 0 Å².